The van der Waals surface area contributed by atoms with E-state index in [1.807, 2.05) is 0 Å². The molecule has 56 valence electrons. The molecule has 0 radical (unpaired) electrons. The summed E-state index contributed by atoms with van der Waals surface area (Å²) in [6.45, 7) is 4.24. The number of carbonyl (C=O) groups is 2. The Morgan fingerprint density at radius 1 is 1.20 bits per heavy atom. The molecule has 0 rings (SSSR count). The van der Waals surface area contributed by atoms with Crippen LogP contribution in [0.25, 0.3) is 0 Å². The van der Waals surface area contributed by atoms with Gasteiger partial charge in [0.25, 0.3) is 0 Å². The lowest BCUT2D eigenvalue weighted by Crippen LogP contribution is -1.97. The van der Waals surface area contributed by atoms with E-state index in [4.69, 9.17) is 0 Å². The fourth-order valence-electron chi connectivity index (χ4n) is 0.542. The summed E-state index contributed by atoms with van der Waals surface area (Å²) in [5.74, 6) is -0.200. The Morgan fingerprint density at radius 2 is 1.70 bits per heavy atom. The third-order valence-electron chi connectivity index (χ3n) is 0.711. The van der Waals surface area contributed by atoms with E-state index >= 15 is 0 Å². The number of hydrogen-bond donors (Lipinski definition) is 0. The highest BCUT2D eigenvalue weighted by molar-refractivity contribution is 5.87. The molecule has 0 N–H and O–H groups in total. The second kappa shape index (κ2) is 3.82. The Kier molecular flexibility index (Phi) is 3.39. The molecule has 0 aliphatic carbocycles. The van der Waals surface area contributed by atoms with Crippen LogP contribution in [-0.2, 0) is 14.3 Å². The molecular weight excluding hydrogens is 132 g/mol. The van der Waals surface area contributed by atoms with Gasteiger partial charge in [0.05, 0.1) is 0 Å². The zero-order valence-electron chi connectivity index (χ0n) is 6.30. The number of esters is 1. The number of ether oxygens (including phenoxy) is 1. The van der Waals surface area contributed by atoms with E-state index in [2.05, 4.69) is 4.74 Å². The van der Waals surface area contributed by atoms with Crippen LogP contribution in [0.15, 0.2) is 11.8 Å². The van der Waals surface area contributed by atoms with Gasteiger partial charge in [-0.15, -0.1) is 0 Å². The number of ketones is 1. The second-order valence-corrected chi connectivity index (χ2v) is 1.96. The number of carbonyl (C=O) groups excluding carboxylic acids is 2. The molecule has 0 unspecified atom stereocenters. The van der Waals surface area contributed by atoms with Gasteiger partial charge in [-0.05, 0) is 13.8 Å². The normalized spacial score (nSPS) is 10.9. The Morgan fingerprint density at radius 3 is 2.00 bits per heavy atom. The van der Waals surface area contributed by atoms with E-state index in [0.717, 1.165) is 0 Å². The molecule has 10 heavy (non-hydrogen) atoms. The molecule has 0 fully saturated rings. The molecule has 0 bridgehead atoms. The summed E-state index contributed by atoms with van der Waals surface area (Å²) in [5.41, 5.74) is 0. The molecule has 3 nitrogen and oxygen atoms in total. The van der Waals surface area contributed by atoms with Crippen molar-refractivity contribution in [2.45, 2.75) is 20.8 Å². The largest absolute Gasteiger partial charge is 0.431 e. The molecule has 0 atom stereocenters. The lowest BCUT2D eigenvalue weighted by Gasteiger charge is -1.97. The molecular formula is C7H10O3. The van der Waals surface area contributed by atoms with Crippen LogP contribution in [0.3, 0.4) is 0 Å². The minimum Gasteiger partial charge on any atom is -0.431 e. The van der Waals surface area contributed by atoms with Gasteiger partial charge in [-0.3, -0.25) is 9.59 Å². The summed E-state index contributed by atoms with van der Waals surface area (Å²) in [6, 6.07) is 0. The van der Waals surface area contributed by atoms with Gasteiger partial charge in [-0.1, -0.05) is 0 Å². The summed E-state index contributed by atoms with van der Waals surface area (Å²) in [6.07, 6.45) is 1.27. The maximum Gasteiger partial charge on any atom is 0.307 e. The Labute approximate surface area is 59.7 Å². The van der Waals surface area contributed by atoms with Crippen LogP contribution < -0.4 is 0 Å². The van der Waals surface area contributed by atoms with E-state index in [0.29, 0.717) is 5.76 Å². The predicted octanol–water partition coefficient (Wildman–Crippen LogP) is 1.04. The van der Waals surface area contributed by atoms with Gasteiger partial charge in [-0.2, -0.15) is 0 Å². The summed E-state index contributed by atoms with van der Waals surface area (Å²) in [5, 5.41) is 0. The van der Waals surface area contributed by atoms with Crippen molar-refractivity contribution in [2.24, 2.45) is 0 Å². The molecule has 0 aliphatic rings. The Balaban J connectivity index is 3.95. The molecule has 0 aromatic heterocycles. The van der Waals surface area contributed by atoms with Crippen molar-refractivity contribution < 1.29 is 14.3 Å². The number of rotatable bonds is 2. The molecule has 0 saturated heterocycles. The van der Waals surface area contributed by atoms with Gasteiger partial charge < -0.3 is 4.74 Å². The van der Waals surface area contributed by atoms with E-state index in [-0.39, 0.29) is 5.78 Å². The average Bonchev–Trinajstić information content (AvgIpc) is 1.58. The van der Waals surface area contributed by atoms with Gasteiger partial charge >= 0.3 is 5.97 Å². The lowest BCUT2D eigenvalue weighted by atomic mass is 10.4. The topological polar surface area (TPSA) is 43.4 Å². The first-order chi connectivity index (χ1) is 4.52. The maximum absolute atomic E-state index is 10.4. The summed E-state index contributed by atoms with van der Waals surface area (Å²) >= 11 is 0. The molecule has 0 aliphatic heterocycles. The minimum absolute atomic E-state index is 0.126. The molecule has 0 aromatic carbocycles. The highest BCUT2D eigenvalue weighted by atomic mass is 16.5. The molecule has 0 aromatic rings. The monoisotopic (exact) mass is 142 g/mol. The fraction of sp³-hybridized carbons (Fsp3) is 0.429. The summed E-state index contributed by atoms with van der Waals surface area (Å²) < 4.78 is 4.56. The molecule has 0 amide bonds. The van der Waals surface area contributed by atoms with E-state index in [1.165, 1.54) is 19.9 Å². The van der Waals surface area contributed by atoms with Gasteiger partial charge in [-0.25, -0.2) is 0 Å². The van der Waals surface area contributed by atoms with Crippen LogP contribution in [-0.4, -0.2) is 11.8 Å². The predicted molar refractivity (Wildman–Crippen MR) is 36.2 cm³/mol. The first-order valence-corrected chi connectivity index (χ1v) is 2.89. The number of allylic oxidation sites excluding steroid dienone is 2. The third kappa shape index (κ3) is 5.03. The van der Waals surface area contributed by atoms with Crippen molar-refractivity contribution in [1.29, 1.82) is 0 Å². The van der Waals surface area contributed by atoms with Gasteiger partial charge in [0.2, 0.25) is 0 Å². The zero-order chi connectivity index (χ0) is 8.15. The quantitative estimate of drug-likeness (QED) is 0.328. The Hall–Kier alpha value is -1.12. The Bertz CT molecular complexity index is 179. The molecule has 3 heteroatoms. The fourth-order valence-corrected chi connectivity index (χ4v) is 0.542. The van der Waals surface area contributed by atoms with Crippen LogP contribution in [0.5, 0.6) is 0 Å². The van der Waals surface area contributed by atoms with E-state index in [1.54, 1.807) is 6.92 Å². The van der Waals surface area contributed by atoms with Gasteiger partial charge in [0.1, 0.15) is 5.76 Å². The average molecular weight is 142 g/mol. The highest BCUT2D eigenvalue weighted by Crippen LogP contribution is 1.94. The van der Waals surface area contributed by atoms with Crippen molar-refractivity contribution in [3.63, 3.8) is 0 Å². The van der Waals surface area contributed by atoms with Crippen molar-refractivity contribution in [3.8, 4) is 0 Å². The van der Waals surface area contributed by atoms with Crippen molar-refractivity contribution in [1.82, 2.24) is 0 Å². The van der Waals surface area contributed by atoms with Crippen molar-refractivity contribution in [2.75, 3.05) is 0 Å². The summed E-state index contributed by atoms with van der Waals surface area (Å²) in [7, 11) is 0. The van der Waals surface area contributed by atoms with Crippen LogP contribution in [0.2, 0.25) is 0 Å². The SMILES string of the molecule is CC(=O)C=C(C)OC(C)=O. The second-order valence-electron chi connectivity index (χ2n) is 1.96. The number of hydrogen-bond acceptors (Lipinski definition) is 3. The van der Waals surface area contributed by atoms with E-state index in [9.17, 15) is 9.59 Å². The highest BCUT2D eigenvalue weighted by Gasteiger charge is 1.95. The lowest BCUT2D eigenvalue weighted by molar-refractivity contribution is -0.136. The van der Waals surface area contributed by atoms with Crippen LogP contribution in [0.1, 0.15) is 20.8 Å². The third-order valence-corrected chi connectivity index (χ3v) is 0.711. The van der Waals surface area contributed by atoms with Gasteiger partial charge in [0.15, 0.2) is 5.78 Å². The maximum atomic E-state index is 10.4. The first kappa shape index (κ1) is 8.88. The van der Waals surface area contributed by atoms with Gasteiger partial charge in [0, 0.05) is 13.0 Å². The van der Waals surface area contributed by atoms with Crippen LogP contribution in [0, 0.1) is 0 Å². The smallest absolute Gasteiger partial charge is 0.307 e. The molecule has 0 saturated carbocycles. The van der Waals surface area contributed by atoms with Crippen LogP contribution >= 0.6 is 0 Å². The van der Waals surface area contributed by atoms with Crippen LogP contribution in [0.4, 0.5) is 0 Å². The molecule has 0 spiro atoms. The molecule has 0 heterocycles. The summed E-state index contributed by atoms with van der Waals surface area (Å²) in [4.78, 5) is 20.6. The van der Waals surface area contributed by atoms with Crippen molar-refractivity contribution >= 4 is 11.8 Å². The first-order valence-electron chi connectivity index (χ1n) is 2.89. The standard InChI is InChI=1S/C7H10O3/c1-5(8)4-6(2)10-7(3)9/h4H,1-3H3. The van der Waals surface area contributed by atoms with E-state index < -0.39 is 5.97 Å². The van der Waals surface area contributed by atoms with Crippen molar-refractivity contribution in [3.05, 3.63) is 11.8 Å². The zero-order valence-corrected chi connectivity index (χ0v) is 6.30. The minimum atomic E-state index is -0.407.